The van der Waals surface area contributed by atoms with Gasteiger partial charge in [0.05, 0.1) is 11.4 Å². The molecule has 198 valence electrons. The lowest BCUT2D eigenvalue weighted by molar-refractivity contribution is -0.141. The van der Waals surface area contributed by atoms with E-state index in [1.807, 2.05) is 0 Å². The Morgan fingerprint density at radius 3 is 1.92 bits per heavy atom. The molecule has 2 rings (SSSR count). The number of nitrogens with zero attached hydrogens (tertiary/aromatic N) is 1. The standard InChI is InChI=1S/C27H28N4O7/c28-24(32)18-17-23(27(36)37)29-25(33)7-3-1-5-20-11-15-22(16-12-20)31(38)30-21-13-9-19(10-14-21)6-2-4-8-26(34)35/h1-16,23,30,38H,17-18H2,(H2,28,32)(H,29,33)(H,34,35)(H,36,37). The first-order valence-corrected chi connectivity index (χ1v) is 11.3. The molecule has 38 heavy (non-hydrogen) atoms. The van der Waals surface area contributed by atoms with E-state index in [1.54, 1.807) is 72.8 Å². The fraction of sp³-hybridized carbons (Fsp3) is 0.111. The molecule has 1 unspecified atom stereocenters. The Morgan fingerprint density at radius 2 is 1.39 bits per heavy atom. The number of hydrogen-bond donors (Lipinski definition) is 6. The lowest BCUT2D eigenvalue weighted by atomic mass is 10.1. The van der Waals surface area contributed by atoms with E-state index in [0.29, 0.717) is 11.4 Å². The Morgan fingerprint density at radius 1 is 0.842 bits per heavy atom. The molecule has 2 aromatic rings. The summed E-state index contributed by atoms with van der Waals surface area (Å²) in [6.07, 6.45) is 11.5. The molecule has 0 aromatic heterocycles. The number of nitrogens with two attached hydrogens (primary N) is 1. The second-order valence-corrected chi connectivity index (χ2v) is 7.82. The zero-order valence-electron chi connectivity index (χ0n) is 20.2. The van der Waals surface area contributed by atoms with E-state index in [2.05, 4.69) is 10.7 Å². The summed E-state index contributed by atoms with van der Waals surface area (Å²) < 4.78 is 0. The number of amides is 2. The van der Waals surface area contributed by atoms with Crippen LogP contribution in [0.5, 0.6) is 0 Å². The van der Waals surface area contributed by atoms with Crippen LogP contribution in [0.15, 0.2) is 85.0 Å². The quantitative estimate of drug-likeness (QED) is 0.124. The zero-order chi connectivity index (χ0) is 27.9. The minimum absolute atomic E-state index is 0.0974. The molecule has 7 N–H and O–H groups in total. The Balaban J connectivity index is 1.86. The van der Waals surface area contributed by atoms with Gasteiger partial charge in [0.15, 0.2) is 0 Å². The third-order valence-electron chi connectivity index (χ3n) is 4.86. The highest BCUT2D eigenvalue weighted by Gasteiger charge is 2.19. The third-order valence-corrected chi connectivity index (χ3v) is 4.86. The molecule has 11 heteroatoms. The van der Waals surface area contributed by atoms with Gasteiger partial charge >= 0.3 is 11.9 Å². The van der Waals surface area contributed by atoms with Gasteiger partial charge in [-0.15, -0.1) is 0 Å². The topological polar surface area (TPSA) is 182 Å². The second kappa shape index (κ2) is 15.1. The normalized spacial score (nSPS) is 12.2. The van der Waals surface area contributed by atoms with E-state index < -0.39 is 29.8 Å². The Kier molecular flexibility index (Phi) is 11.5. The van der Waals surface area contributed by atoms with Crippen LogP contribution in [0, 0.1) is 0 Å². The number of carbonyl (C=O) groups is 4. The van der Waals surface area contributed by atoms with Crippen LogP contribution in [0.4, 0.5) is 11.4 Å². The minimum atomic E-state index is -1.26. The molecule has 0 saturated carbocycles. The van der Waals surface area contributed by atoms with Crippen LogP contribution in [0.3, 0.4) is 0 Å². The van der Waals surface area contributed by atoms with Crippen molar-refractivity contribution in [3.63, 3.8) is 0 Å². The highest BCUT2D eigenvalue weighted by Crippen LogP contribution is 2.17. The molecule has 0 fully saturated rings. The van der Waals surface area contributed by atoms with E-state index in [1.165, 1.54) is 12.2 Å². The fourth-order valence-electron chi connectivity index (χ4n) is 2.96. The number of benzene rings is 2. The molecule has 0 heterocycles. The molecule has 2 amide bonds. The van der Waals surface area contributed by atoms with Gasteiger partial charge in [0.1, 0.15) is 6.04 Å². The van der Waals surface area contributed by atoms with Crippen LogP contribution in [-0.4, -0.2) is 45.2 Å². The van der Waals surface area contributed by atoms with Crippen molar-refractivity contribution in [3.05, 3.63) is 96.1 Å². The highest BCUT2D eigenvalue weighted by atomic mass is 16.5. The van der Waals surface area contributed by atoms with Crippen molar-refractivity contribution in [2.45, 2.75) is 18.9 Å². The van der Waals surface area contributed by atoms with Gasteiger partial charge in [-0.1, -0.05) is 60.7 Å². The van der Waals surface area contributed by atoms with Gasteiger partial charge < -0.3 is 21.3 Å². The largest absolute Gasteiger partial charge is 0.480 e. The first-order valence-electron chi connectivity index (χ1n) is 11.3. The van der Waals surface area contributed by atoms with Crippen molar-refractivity contribution in [1.29, 1.82) is 0 Å². The fourth-order valence-corrected chi connectivity index (χ4v) is 2.96. The maximum Gasteiger partial charge on any atom is 0.328 e. The summed E-state index contributed by atoms with van der Waals surface area (Å²) in [5, 5.41) is 31.1. The summed E-state index contributed by atoms with van der Waals surface area (Å²) in [4.78, 5) is 44.3. The van der Waals surface area contributed by atoms with Crippen molar-refractivity contribution in [1.82, 2.24) is 5.32 Å². The number of hydrazine groups is 1. The maximum atomic E-state index is 11.9. The van der Waals surface area contributed by atoms with Gasteiger partial charge in [-0.3, -0.25) is 20.2 Å². The molecule has 0 aliphatic carbocycles. The van der Waals surface area contributed by atoms with Gasteiger partial charge in [0.2, 0.25) is 11.8 Å². The number of carboxylic acid groups (broad SMARTS) is 2. The summed E-state index contributed by atoms with van der Waals surface area (Å²) in [5.41, 5.74) is 10.6. The molecule has 1 atom stereocenters. The average molecular weight is 521 g/mol. The van der Waals surface area contributed by atoms with Crippen molar-refractivity contribution in [2.75, 3.05) is 10.6 Å². The first kappa shape index (κ1) is 29.1. The summed E-state index contributed by atoms with van der Waals surface area (Å²) in [6, 6.07) is 12.7. The van der Waals surface area contributed by atoms with Crippen LogP contribution in [0.2, 0.25) is 0 Å². The number of allylic oxidation sites excluding steroid dienone is 4. The lowest BCUT2D eigenvalue weighted by Gasteiger charge is -2.19. The molecule has 0 spiro atoms. The number of aliphatic carboxylic acids is 2. The van der Waals surface area contributed by atoms with Crippen LogP contribution < -0.4 is 21.6 Å². The molecule has 0 aliphatic heterocycles. The monoisotopic (exact) mass is 520 g/mol. The average Bonchev–Trinajstić information content (AvgIpc) is 2.88. The van der Waals surface area contributed by atoms with Crippen LogP contribution in [-0.2, 0) is 19.2 Å². The van der Waals surface area contributed by atoms with Gasteiger partial charge in [0.25, 0.3) is 0 Å². The first-order chi connectivity index (χ1) is 18.1. The SMILES string of the molecule is NC(=O)CCC(NC(=O)C=CC=Cc1ccc(N(O)Nc2ccc(C=CC=CC(=O)O)cc2)cc1)C(=O)O. The lowest BCUT2D eigenvalue weighted by Crippen LogP contribution is -2.40. The number of anilines is 2. The smallest absolute Gasteiger partial charge is 0.328 e. The van der Waals surface area contributed by atoms with Crippen LogP contribution in [0.1, 0.15) is 24.0 Å². The summed E-state index contributed by atoms with van der Waals surface area (Å²) in [7, 11) is 0. The van der Waals surface area contributed by atoms with E-state index in [-0.39, 0.29) is 12.8 Å². The number of rotatable bonds is 14. The number of carbonyl (C=O) groups excluding carboxylic acids is 2. The van der Waals surface area contributed by atoms with Gasteiger partial charge in [0, 0.05) is 18.6 Å². The summed E-state index contributed by atoms with van der Waals surface area (Å²) in [5.74, 6) is -3.55. The second-order valence-electron chi connectivity index (χ2n) is 7.82. The Labute approximate surface area is 218 Å². The predicted octanol–water partition coefficient (Wildman–Crippen LogP) is 2.97. The van der Waals surface area contributed by atoms with E-state index >= 15 is 0 Å². The molecule has 2 aromatic carbocycles. The Hall–Kier alpha value is -5.16. The molecule has 0 bridgehead atoms. The predicted molar refractivity (Wildman–Crippen MR) is 143 cm³/mol. The van der Waals surface area contributed by atoms with E-state index in [9.17, 15) is 24.4 Å². The molecular formula is C27H28N4O7. The number of carboxylic acids is 2. The van der Waals surface area contributed by atoms with Gasteiger partial charge in [-0.25, -0.2) is 9.59 Å². The number of hydrogen-bond acceptors (Lipinski definition) is 7. The van der Waals surface area contributed by atoms with E-state index in [0.717, 1.165) is 28.5 Å². The van der Waals surface area contributed by atoms with Gasteiger partial charge in [-0.05, 0) is 41.8 Å². The van der Waals surface area contributed by atoms with Crippen LogP contribution in [0.25, 0.3) is 12.2 Å². The summed E-state index contributed by atoms with van der Waals surface area (Å²) in [6.45, 7) is 0. The van der Waals surface area contributed by atoms with Crippen molar-refractivity contribution >= 4 is 47.3 Å². The highest BCUT2D eigenvalue weighted by molar-refractivity contribution is 5.91. The third kappa shape index (κ3) is 11.1. The van der Waals surface area contributed by atoms with Crippen molar-refractivity contribution in [3.8, 4) is 0 Å². The number of nitrogens with one attached hydrogen (secondary N) is 2. The molecular weight excluding hydrogens is 492 g/mol. The maximum absolute atomic E-state index is 11.9. The number of primary amides is 1. The van der Waals surface area contributed by atoms with Gasteiger partial charge in [-0.2, -0.15) is 5.17 Å². The summed E-state index contributed by atoms with van der Waals surface area (Å²) >= 11 is 0. The van der Waals surface area contributed by atoms with E-state index in [4.69, 9.17) is 15.9 Å². The molecule has 0 radical (unpaired) electrons. The van der Waals surface area contributed by atoms with Crippen molar-refractivity contribution < 1.29 is 34.6 Å². The van der Waals surface area contributed by atoms with Crippen LogP contribution >= 0.6 is 0 Å². The van der Waals surface area contributed by atoms with Crippen molar-refractivity contribution in [2.24, 2.45) is 5.73 Å². The molecule has 0 aliphatic rings. The minimum Gasteiger partial charge on any atom is -0.480 e. The molecule has 0 saturated heterocycles. The zero-order valence-corrected chi connectivity index (χ0v) is 20.2. The molecule has 11 nitrogen and oxygen atoms in total. The Bertz CT molecular complexity index is 1230.